The summed E-state index contributed by atoms with van der Waals surface area (Å²) in [7, 11) is -4.22. The Labute approximate surface area is 170 Å². The average Bonchev–Trinajstić information content (AvgIpc) is 2.51. The summed E-state index contributed by atoms with van der Waals surface area (Å²) >= 11 is 29.3. The monoisotopic (exact) mass is 459 g/mol. The van der Waals surface area contributed by atoms with Crippen LogP contribution in [0, 0.1) is 0 Å². The Morgan fingerprint density at radius 3 is 2.12 bits per heavy atom. The van der Waals surface area contributed by atoms with E-state index >= 15 is 0 Å². The first-order chi connectivity index (χ1) is 11.6. The molecule has 0 heterocycles. The van der Waals surface area contributed by atoms with Gasteiger partial charge < -0.3 is 0 Å². The van der Waals surface area contributed by atoms with Crippen LogP contribution in [-0.2, 0) is 14.8 Å². The summed E-state index contributed by atoms with van der Waals surface area (Å²) in [6.07, 6.45) is 0. The molecule has 1 unspecified atom stereocenters. The van der Waals surface area contributed by atoms with E-state index in [1.54, 1.807) is 0 Å². The van der Waals surface area contributed by atoms with E-state index in [2.05, 4.69) is 0 Å². The number of sulfonamides is 1. The van der Waals surface area contributed by atoms with Crippen molar-refractivity contribution in [3.05, 3.63) is 56.5 Å². The molecule has 0 aromatic heterocycles. The maximum Gasteiger partial charge on any atom is 0.265 e. The fraction of sp³-hybridized carbons (Fsp3) is 0.133. The van der Waals surface area contributed by atoms with Gasteiger partial charge in [-0.25, -0.2) is 8.42 Å². The standard InChI is InChI=1S/C15H10Cl5NO3S/c1-8(15(20)22)21(14-5-2-9(16)6-13(14)19)25(23,24)10-3-4-11(17)12(18)7-10/h2-8H,1H3. The van der Waals surface area contributed by atoms with Crippen LogP contribution in [0.5, 0.6) is 0 Å². The number of rotatable bonds is 5. The Morgan fingerprint density at radius 1 is 0.960 bits per heavy atom. The predicted molar refractivity (Wildman–Crippen MR) is 103 cm³/mol. The van der Waals surface area contributed by atoms with E-state index in [1.165, 1.54) is 43.3 Å². The molecule has 0 saturated carbocycles. The number of anilines is 1. The summed E-state index contributed by atoms with van der Waals surface area (Å²) in [4.78, 5) is 11.5. The minimum Gasteiger partial charge on any atom is -0.279 e. The first kappa shape index (κ1) is 20.6. The van der Waals surface area contributed by atoms with Gasteiger partial charge >= 0.3 is 0 Å². The SMILES string of the molecule is CC(C(=O)Cl)N(c1ccc(Cl)cc1Cl)S(=O)(=O)c1ccc(Cl)c(Cl)c1. The quantitative estimate of drug-likeness (QED) is 0.541. The van der Waals surface area contributed by atoms with Gasteiger partial charge in [-0.1, -0.05) is 46.4 Å². The highest BCUT2D eigenvalue weighted by Gasteiger charge is 2.34. The van der Waals surface area contributed by atoms with Gasteiger partial charge in [-0.3, -0.25) is 9.10 Å². The summed E-state index contributed by atoms with van der Waals surface area (Å²) in [5.74, 6) is 0. The number of carbonyl (C=O) groups excluding carboxylic acids is 1. The molecule has 0 radical (unpaired) electrons. The summed E-state index contributed by atoms with van der Waals surface area (Å²) in [6.45, 7) is 1.34. The zero-order chi connectivity index (χ0) is 18.9. The third kappa shape index (κ3) is 4.35. The molecule has 0 amide bonds. The van der Waals surface area contributed by atoms with Crippen molar-refractivity contribution in [2.24, 2.45) is 0 Å². The molecule has 4 nitrogen and oxygen atoms in total. The van der Waals surface area contributed by atoms with Gasteiger partial charge in [0.1, 0.15) is 6.04 Å². The molecule has 0 N–H and O–H groups in total. The first-order valence-corrected chi connectivity index (χ1v) is 10.0. The number of benzene rings is 2. The van der Waals surface area contributed by atoms with Gasteiger partial charge in [0.2, 0.25) is 5.24 Å². The number of hydrogen-bond acceptors (Lipinski definition) is 3. The summed E-state index contributed by atoms with van der Waals surface area (Å²) in [5.41, 5.74) is 0.0543. The van der Waals surface area contributed by atoms with E-state index in [1.807, 2.05) is 0 Å². The van der Waals surface area contributed by atoms with E-state index in [9.17, 15) is 13.2 Å². The molecule has 2 aromatic rings. The molecular weight excluding hydrogens is 452 g/mol. The normalized spacial score (nSPS) is 12.7. The van der Waals surface area contributed by atoms with Crippen molar-refractivity contribution >= 4 is 79.0 Å². The maximum absolute atomic E-state index is 13.1. The second kappa shape index (κ2) is 7.91. The minimum atomic E-state index is -4.22. The molecule has 0 aliphatic rings. The van der Waals surface area contributed by atoms with Crippen LogP contribution in [0.1, 0.15) is 6.92 Å². The highest BCUT2D eigenvalue weighted by molar-refractivity contribution is 7.93. The Hall–Kier alpha value is -0.690. The van der Waals surface area contributed by atoms with Crippen molar-refractivity contribution in [3.63, 3.8) is 0 Å². The van der Waals surface area contributed by atoms with Crippen molar-refractivity contribution in [1.82, 2.24) is 0 Å². The zero-order valence-corrected chi connectivity index (χ0v) is 17.1. The molecular formula is C15H10Cl5NO3S. The second-order valence-electron chi connectivity index (χ2n) is 4.95. The molecule has 10 heteroatoms. The van der Waals surface area contributed by atoms with Crippen LogP contribution >= 0.6 is 58.0 Å². The molecule has 0 saturated heterocycles. The van der Waals surface area contributed by atoms with Gasteiger partial charge in [0.15, 0.2) is 0 Å². The van der Waals surface area contributed by atoms with Gasteiger partial charge in [0.05, 0.1) is 25.7 Å². The van der Waals surface area contributed by atoms with Crippen LogP contribution in [0.25, 0.3) is 0 Å². The van der Waals surface area contributed by atoms with Gasteiger partial charge in [-0.15, -0.1) is 0 Å². The topological polar surface area (TPSA) is 54.5 Å². The fourth-order valence-corrected chi connectivity index (χ4v) is 4.78. The Balaban J connectivity index is 2.69. The third-order valence-corrected chi connectivity index (χ3v) is 6.75. The van der Waals surface area contributed by atoms with Crippen molar-refractivity contribution < 1.29 is 13.2 Å². The average molecular weight is 462 g/mol. The van der Waals surface area contributed by atoms with E-state index in [0.717, 1.165) is 4.31 Å². The molecule has 2 rings (SSSR count). The highest BCUT2D eigenvalue weighted by Crippen LogP contribution is 2.35. The Bertz CT molecular complexity index is 933. The van der Waals surface area contributed by atoms with Gasteiger partial charge in [0, 0.05) is 5.02 Å². The van der Waals surface area contributed by atoms with Crippen LogP contribution in [0.2, 0.25) is 20.1 Å². The largest absolute Gasteiger partial charge is 0.279 e. The van der Waals surface area contributed by atoms with Crippen LogP contribution < -0.4 is 4.31 Å². The number of nitrogens with zero attached hydrogens (tertiary/aromatic N) is 1. The molecule has 0 fully saturated rings. The summed E-state index contributed by atoms with van der Waals surface area (Å²) in [6, 6.07) is 6.77. The van der Waals surface area contributed by atoms with Crippen molar-refractivity contribution in [1.29, 1.82) is 0 Å². The van der Waals surface area contributed by atoms with Crippen molar-refractivity contribution in [2.45, 2.75) is 17.9 Å². The highest BCUT2D eigenvalue weighted by atomic mass is 35.5. The Kier molecular flexibility index (Phi) is 6.52. The van der Waals surface area contributed by atoms with Gasteiger partial charge in [0.25, 0.3) is 10.0 Å². The van der Waals surface area contributed by atoms with E-state index in [0.29, 0.717) is 5.02 Å². The van der Waals surface area contributed by atoms with Gasteiger partial charge in [-0.2, -0.15) is 0 Å². The van der Waals surface area contributed by atoms with Crippen molar-refractivity contribution in [2.75, 3.05) is 4.31 Å². The molecule has 2 aromatic carbocycles. The molecule has 134 valence electrons. The minimum absolute atomic E-state index is 0.0425. The summed E-state index contributed by atoms with van der Waals surface area (Å²) in [5, 5.41) is -0.283. The number of carbonyl (C=O) groups is 1. The van der Waals surface area contributed by atoms with Crippen LogP contribution in [0.15, 0.2) is 41.3 Å². The first-order valence-electron chi connectivity index (χ1n) is 6.69. The lowest BCUT2D eigenvalue weighted by atomic mass is 10.3. The maximum atomic E-state index is 13.1. The molecule has 0 bridgehead atoms. The lowest BCUT2D eigenvalue weighted by molar-refractivity contribution is -0.112. The third-order valence-electron chi connectivity index (χ3n) is 3.28. The molecule has 0 aliphatic heterocycles. The Morgan fingerprint density at radius 2 is 1.60 bits per heavy atom. The molecule has 0 aliphatic carbocycles. The smallest absolute Gasteiger partial charge is 0.265 e. The number of halogens is 5. The van der Waals surface area contributed by atoms with Crippen molar-refractivity contribution in [3.8, 4) is 0 Å². The van der Waals surface area contributed by atoms with Crippen LogP contribution in [-0.4, -0.2) is 19.7 Å². The van der Waals surface area contributed by atoms with E-state index < -0.39 is 21.3 Å². The second-order valence-corrected chi connectivity index (χ2v) is 8.80. The van der Waals surface area contributed by atoms with Crippen LogP contribution in [0.3, 0.4) is 0 Å². The summed E-state index contributed by atoms with van der Waals surface area (Å²) < 4.78 is 27.0. The lowest BCUT2D eigenvalue weighted by Crippen LogP contribution is -2.42. The number of hydrogen-bond donors (Lipinski definition) is 0. The van der Waals surface area contributed by atoms with E-state index in [-0.39, 0.29) is 25.7 Å². The zero-order valence-electron chi connectivity index (χ0n) is 12.5. The lowest BCUT2D eigenvalue weighted by Gasteiger charge is -2.29. The fourth-order valence-electron chi connectivity index (χ4n) is 2.05. The molecule has 25 heavy (non-hydrogen) atoms. The van der Waals surface area contributed by atoms with Crippen LogP contribution in [0.4, 0.5) is 5.69 Å². The predicted octanol–water partition coefficient (Wildman–Crippen LogP) is 5.65. The van der Waals surface area contributed by atoms with Gasteiger partial charge in [-0.05, 0) is 54.9 Å². The molecule has 1 atom stereocenters. The van der Waals surface area contributed by atoms with E-state index in [4.69, 9.17) is 58.0 Å². The molecule has 0 spiro atoms.